The Labute approximate surface area is 178 Å². The number of rotatable bonds is 6. The molecule has 0 bridgehead atoms. The van der Waals surface area contributed by atoms with Crippen LogP contribution in [0.5, 0.6) is 0 Å². The average Bonchev–Trinajstić information content (AvgIpc) is 2.74. The van der Waals surface area contributed by atoms with Gasteiger partial charge in [0.15, 0.2) is 0 Å². The third kappa shape index (κ3) is 4.90. The van der Waals surface area contributed by atoms with E-state index in [-0.39, 0.29) is 23.4 Å². The van der Waals surface area contributed by atoms with Crippen LogP contribution in [0.1, 0.15) is 48.9 Å². The number of halogens is 1. The minimum absolute atomic E-state index is 0.0477. The van der Waals surface area contributed by atoms with Crippen LogP contribution in [0, 0.1) is 25.6 Å². The van der Waals surface area contributed by atoms with E-state index >= 15 is 0 Å². The molecule has 1 aliphatic heterocycles. The number of amides is 1. The maximum atomic E-state index is 13.2. The summed E-state index contributed by atoms with van der Waals surface area (Å²) >= 11 is 0. The summed E-state index contributed by atoms with van der Waals surface area (Å²) in [4.78, 5) is 13.0. The second-order valence-electron chi connectivity index (χ2n) is 7.97. The first-order chi connectivity index (χ1) is 14.2. The van der Waals surface area contributed by atoms with Gasteiger partial charge in [-0.15, -0.1) is 0 Å². The summed E-state index contributed by atoms with van der Waals surface area (Å²) in [5, 5.41) is 3.11. The number of hydrogen-bond acceptors (Lipinski definition) is 3. The molecule has 0 unspecified atom stereocenters. The quantitative estimate of drug-likeness (QED) is 0.747. The number of benzene rings is 2. The molecule has 2 aromatic rings. The monoisotopic (exact) mass is 432 g/mol. The number of nitrogens with one attached hydrogen (secondary N) is 1. The molecule has 1 amide bonds. The first kappa shape index (κ1) is 22.4. The molecule has 0 spiro atoms. The highest BCUT2D eigenvalue weighted by Gasteiger charge is 2.34. The van der Waals surface area contributed by atoms with Gasteiger partial charge in [-0.3, -0.25) is 4.79 Å². The van der Waals surface area contributed by atoms with E-state index in [1.807, 2.05) is 19.9 Å². The van der Waals surface area contributed by atoms with E-state index in [1.165, 1.54) is 27.6 Å². The summed E-state index contributed by atoms with van der Waals surface area (Å²) in [6.45, 7) is 6.61. The topological polar surface area (TPSA) is 66.5 Å². The second-order valence-corrected chi connectivity index (χ2v) is 9.91. The molecular weight excluding hydrogens is 403 g/mol. The Kier molecular flexibility index (Phi) is 6.93. The summed E-state index contributed by atoms with van der Waals surface area (Å²) in [5.74, 6) is -1.02. The smallest absolute Gasteiger partial charge is 0.243 e. The van der Waals surface area contributed by atoms with Crippen molar-refractivity contribution in [3.63, 3.8) is 0 Å². The summed E-state index contributed by atoms with van der Waals surface area (Å²) < 4.78 is 40.3. The molecular formula is C23H29FN2O3S. The predicted octanol–water partition coefficient (Wildman–Crippen LogP) is 4.11. The van der Waals surface area contributed by atoms with Crippen molar-refractivity contribution in [3.8, 4) is 0 Å². The fourth-order valence-corrected chi connectivity index (χ4v) is 5.35. The number of sulfonamides is 1. The molecule has 0 aliphatic carbocycles. The highest BCUT2D eigenvalue weighted by Crippen LogP contribution is 2.26. The summed E-state index contributed by atoms with van der Waals surface area (Å²) in [6, 6.07) is 10.9. The van der Waals surface area contributed by atoms with Crippen LogP contribution >= 0.6 is 0 Å². The van der Waals surface area contributed by atoms with Gasteiger partial charge in [-0.25, -0.2) is 12.8 Å². The number of aryl methyl sites for hydroxylation is 2. The van der Waals surface area contributed by atoms with Crippen molar-refractivity contribution in [2.75, 3.05) is 13.1 Å². The Bertz CT molecular complexity index is 1010. The Morgan fingerprint density at radius 2 is 1.87 bits per heavy atom. The van der Waals surface area contributed by atoms with Crippen LogP contribution < -0.4 is 5.32 Å². The van der Waals surface area contributed by atoms with Crippen LogP contribution in [0.15, 0.2) is 47.4 Å². The van der Waals surface area contributed by atoms with Crippen LogP contribution in [0.3, 0.4) is 0 Å². The van der Waals surface area contributed by atoms with E-state index in [0.717, 1.165) is 24.1 Å². The maximum Gasteiger partial charge on any atom is 0.243 e. The van der Waals surface area contributed by atoms with E-state index in [0.29, 0.717) is 19.4 Å². The summed E-state index contributed by atoms with van der Waals surface area (Å²) in [6.07, 6.45) is 2.00. The van der Waals surface area contributed by atoms with Gasteiger partial charge in [0.2, 0.25) is 15.9 Å². The van der Waals surface area contributed by atoms with Crippen molar-refractivity contribution in [1.82, 2.24) is 9.62 Å². The van der Waals surface area contributed by atoms with Gasteiger partial charge >= 0.3 is 0 Å². The Morgan fingerprint density at radius 3 is 2.50 bits per heavy atom. The molecule has 0 aromatic heterocycles. The van der Waals surface area contributed by atoms with Gasteiger partial charge in [0, 0.05) is 13.1 Å². The SMILES string of the molecule is CC[C@@H](NC(=O)[C@@H]1CCCN(S(=O)(=O)c2ccc(F)cc2)C1)c1ccc(C)c(C)c1. The third-order valence-electron chi connectivity index (χ3n) is 5.86. The fourth-order valence-electron chi connectivity index (χ4n) is 3.82. The number of piperidine rings is 1. The number of hydrogen-bond donors (Lipinski definition) is 1. The molecule has 3 rings (SSSR count). The van der Waals surface area contributed by atoms with Crippen molar-refractivity contribution in [1.29, 1.82) is 0 Å². The zero-order chi connectivity index (χ0) is 21.9. The molecule has 1 saturated heterocycles. The van der Waals surface area contributed by atoms with E-state index in [9.17, 15) is 17.6 Å². The van der Waals surface area contributed by atoms with Crippen molar-refractivity contribution in [3.05, 3.63) is 65.0 Å². The Balaban J connectivity index is 1.71. The summed E-state index contributed by atoms with van der Waals surface area (Å²) in [5.41, 5.74) is 3.43. The lowest BCUT2D eigenvalue weighted by atomic mass is 9.96. The van der Waals surface area contributed by atoms with Crippen LogP contribution in [0.2, 0.25) is 0 Å². The highest BCUT2D eigenvalue weighted by molar-refractivity contribution is 7.89. The molecule has 0 saturated carbocycles. The zero-order valence-electron chi connectivity index (χ0n) is 17.7. The first-order valence-corrected chi connectivity index (χ1v) is 11.8. The van der Waals surface area contributed by atoms with Crippen molar-refractivity contribution >= 4 is 15.9 Å². The van der Waals surface area contributed by atoms with Gasteiger partial charge < -0.3 is 5.32 Å². The lowest BCUT2D eigenvalue weighted by Crippen LogP contribution is -2.46. The lowest BCUT2D eigenvalue weighted by Gasteiger charge is -2.32. The predicted molar refractivity (Wildman–Crippen MR) is 115 cm³/mol. The molecule has 30 heavy (non-hydrogen) atoms. The molecule has 5 nitrogen and oxygen atoms in total. The molecule has 1 fully saturated rings. The molecule has 1 aliphatic rings. The van der Waals surface area contributed by atoms with Crippen LogP contribution in [0.25, 0.3) is 0 Å². The first-order valence-electron chi connectivity index (χ1n) is 10.4. The van der Waals surface area contributed by atoms with Gasteiger partial charge in [-0.2, -0.15) is 4.31 Å². The van der Waals surface area contributed by atoms with Crippen molar-refractivity contribution in [2.45, 2.75) is 51.0 Å². The van der Waals surface area contributed by atoms with Crippen LogP contribution in [-0.4, -0.2) is 31.7 Å². The van der Waals surface area contributed by atoms with E-state index < -0.39 is 21.8 Å². The zero-order valence-corrected chi connectivity index (χ0v) is 18.5. The summed E-state index contributed by atoms with van der Waals surface area (Å²) in [7, 11) is -3.76. The molecule has 1 N–H and O–H groups in total. The van der Waals surface area contributed by atoms with Crippen LogP contribution in [-0.2, 0) is 14.8 Å². The Hall–Kier alpha value is -2.25. The van der Waals surface area contributed by atoms with Crippen molar-refractivity contribution < 1.29 is 17.6 Å². The normalized spacial score (nSPS) is 18.7. The molecule has 2 atom stereocenters. The maximum absolute atomic E-state index is 13.2. The van der Waals surface area contributed by atoms with Gasteiger partial charge in [0.1, 0.15) is 5.82 Å². The fraction of sp³-hybridized carbons (Fsp3) is 0.435. The minimum atomic E-state index is -3.76. The third-order valence-corrected chi connectivity index (χ3v) is 7.74. The molecule has 162 valence electrons. The lowest BCUT2D eigenvalue weighted by molar-refractivity contribution is -0.126. The van der Waals surface area contributed by atoms with Gasteiger partial charge in [0.25, 0.3) is 0 Å². The minimum Gasteiger partial charge on any atom is -0.349 e. The van der Waals surface area contributed by atoms with Crippen LogP contribution in [0.4, 0.5) is 4.39 Å². The number of carbonyl (C=O) groups is 1. The van der Waals surface area contributed by atoms with Gasteiger partial charge in [-0.05, 0) is 74.1 Å². The average molecular weight is 433 g/mol. The van der Waals surface area contributed by atoms with E-state index in [4.69, 9.17) is 0 Å². The molecule has 1 heterocycles. The van der Waals surface area contributed by atoms with Gasteiger partial charge in [0.05, 0.1) is 16.9 Å². The van der Waals surface area contributed by atoms with Gasteiger partial charge in [-0.1, -0.05) is 25.1 Å². The molecule has 0 radical (unpaired) electrons. The number of carbonyl (C=O) groups excluding carboxylic acids is 1. The highest BCUT2D eigenvalue weighted by atomic mass is 32.2. The van der Waals surface area contributed by atoms with Crippen molar-refractivity contribution in [2.24, 2.45) is 5.92 Å². The standard InChI is InChI=1S/C23H29FN2O3S/c1-4-22(18-8-7-16(2)17(3)14-18)25-23(27)19-6-5-13-26(15-19)30(28,29)21-11-9-20(24)10-12-21/h7-12,14,19,22H,4-6,13,15H2,1-3H3,(H,25,27)/t19-,22-/m1/s1. The van der Waals surface area contributed by atoms with E-state index in [2.05, 4.69) is 24.4 Å². The molecule has 7 heteroatoms. The number of nitrogens with zero attached hydrogens (tertiary/aromatic N) is 1. The van der Waals surface area contributed by atoms with E-state index in [1.54, 1.807) is 0 Å². The largest absolute Gasteiger partial charge is 0.349 e. The second kappa shape index (κ2) is 9.27. The Morgan fingerprint density at radius 1 is 1.17 bits per heavy atom. The molecule has 2 aromatic carbocycles.